The highest BCUT2D eigenvalue weighted by Crippen LogP contribution is 2.28. The van der Waals surface area contributed by atoms with Crippen LogP contribution in [0.25, 0.3) is 10.4 Å². The molecule has 1 radical (unpaired) electrons. The lowest BCUT2D eigenvalue weighted by molar-refractivity contribution is 0.102. The first kappa shape index (κ1) is 19.0. The summed E-state index contributed by atoms with van der Waals surface area (Å²) >= 11 is 1.69. The Bertz CT molecular complexity index is 941. The van der Waals surface area contributed by atoms with Gasteiger partial charge in [0.25, 0.3) is 5.91 Å². The van der Waals surface area contributed by atoms with Gasteiger partial charge in [-0.25, -0.2) is 0 Å². The third-order valence-corrected chi connectivity index (χ3v) is 9.54. The van der Waals surface area contributed by atoms with Crippen LogP contribution in [-0.4, -0.2) is 27.1 Å². The first-order chi connectivity index (χ1) is 13.5. The molecule has 1 aliphatic heterocycles. The van der Waals surface area contributed by atoms with Gasteiger partial charge in [-0.15, -0.1) is 11.3 Å². The molecule has 0 bridgehead atoms. The van der Waals surface area contributed by atoms with Gasteiger partial charge in [0.05, 0.1) is 8.07 Å². The summed E-state index contributed by atoms with van der Waals surface area (Å²) in [4.78, 5) is 16.3. The van der Waals surface area contributed by atoms with Gasteiger partial charge in [0.2, 0.25) is 0 Å². The van der Waals surface area contributed by atoms with E-state index in [2.05, 4.69) is 53.0 Å². The lowest BCUT2D eigenvalue weighted by atomic mass is 10.1. The van der Waals surface area contributed by atoms with Gasteiger partial charge in [-0.1, -0.05) is 31.3 Å². The molecule has 2 heterocycles. The van der Waals surface area contributed by atoms with Crippen molar-refractivity contribution in [1.82, 2.24) is 0 Å². The number of hydrogen-bond donors (Lipinski definition) is 1. The summed E-state index contributed by atoms with van der Waals surface area (Å²) in [6.45, 7) is 7.22. The molecule has 3 aromatic rings. The quantitative estimate of drug-likeness (QED) is 0.540. The van der Waals surface area contributed by atoms with Crippen molar-refractivity contribution < 1.29 is 4.79 Å². The van der Waals surface area contributed by atoms with Crippen LogP contribution in [0.1, 0.15) is 10.4 Å². The minimum absolute atomic E-state index is 0.0988. The largest absolute Gasteiger partial charge is 0.372 e. The minimum Gasteiger partial charge on any atom is -0.372 e. The number of anilines is 2. The van der Waals surface area contributed by atoms with E-state index in [1.54, 1.807) is 11.3 Å². The molecule has 3 nitrogen and oxygen atoms in total. The molecule has 0 aliphatic carbocycles. The lowest BCUT2D eigenvalue weighted by Crippen LogP contribution is -2.42. The number of rotatable bonds is 4. The Kier molecular flexibility index (Phi) is 5.37. The average Bonchev–Trinajstić information content (AvgIpc) is 3.23. The number of nitrogens with one attached hydrogen (secondary N) is 1. The van der Waals surface area contributed by atoms with E-state index in [0.717, 1.165) is 18.7 Å². The van der Waals surface area contributed by atoms with Crippen LogP contribution in [0.15, 0.2) is 60.0 Å². The second kappa shape index (κ2) is 7.93. The minimum atomic E-state index is -0.971. The molecule has 1 saturated heterocycles. The number of benzene rings is 2. The maximum absolute atomic E-state index is 12.6. The molecule has 1 aromatic heterocycles. The molecular formula is C23H25N2OSSi. The summed E-state index contributed by atoms with van der Waals surface area (Å²) < 4.78 is 0. The summed E-state index contributed by atoms with van der Waals surface area (Å²) in [5.74, 6) is -0.0988. The standard InChI is InChI=1S/C23H25N2OSSi/c1-28(2)15-12-25(13-16-28)21-10-8-18(9-11-21)23(26)24-20-6-3-5-19(17-20)22-7-4-14-27-22/h3-5,7-11,14,17H,12-13,15-16H2,1-2H3,(H,24,26). The maximum Gasteiger partial charge on any atom is 0.255 e. The van der Waals surface area contributed by atoms with Crippen molar-refractivity contribution in [1.29, 1.82) is 0 Å². The first-order valence-electron chi connectivity index (χ1n) is 9.72. The second-order valence-electron chi connectivity index (χ2n) is 8.12. The highest BCUT2D eigenvalue weighted by molar-refractivity contribution is 7.13. The Morgan fingerprint density at radius 2 is 1.86 bits per heavy atom. The number of thiophene rings is 1. The van der Waals surface area contributed by atoms with Gasteiger partial charge < -0.3 is 10.2 Å². The Morgan fingerprint density at radius 3 is 2.54 bits per heavy atom. The van der Waals surface area contributed by atoms with E-state index in [1.807, 2.05) is 36.4 Å². The van der Waals surface area contributed by atoms with Crippen molar-refractivity contribution in [2.24, 2.45) is 0 Å². The zero-order valence-corrected chi connectivity index (χ0v) is 18.2. The first-order valence-corrected chi connectivity index (χ1v) is 14.0. The van der Waals surface area contributed by atoms with E-state index in [0.29, 0.717) is 11.3 Å². The monoisotopic (exact) mass is 405 g/mol. The van der Waals surface area contributed by atoms with E-state index >= 15 is 0 Å². The van der Waals surface area contributed by atoms with Gasteiger partial charge in [0.1, 0.15) is 0 Å². The van der Waals surface area contributed by atoms with Gasteiger partial charge in [-0.2, -0.15) is 0 Å². The van der Waals surface area contributed by atoms with E-state index in [-0.39, 0.29) is 5.91 Å². The van der Waals surface area contributed by atoms with Crippen LogP contribution >= 0.6 is 11.3 Å². The van der Waals surface area contributed by atoms with Crippen molar-refractivity contribution in [3.05, 3.63) is 71.6 Å². The van der Waals surface area contributed by atoms with Crippen LogP contribution in [0.3, 0.4) is 0 Å². The second-order valence-corrected chi connectivity index (χ2v) is 14.4. The zero-order chi connectivity index (χ0) is 19.6. The Labute approximate surface area is 172 Å². The van der Waals surface area contributed by atoms with Crippen molar-refractivity contribution in [3.63, 3.8) is 0 Å². The van der Waals surface area contributed by atoms with Crippen molar-refractivity contribution in [2.45, 2.75) is 25.2 Å². The molecule has 143 valence electrons. The maximum atomic E-state index is 12.6. The molecule has 1 aliphatic rings. The molecule has 1 fully saturated rings. The average molecular weight is 406 g/mol. The third kappa shape index (κ3) is 4.37. The normalized spacial score (nSPS) is 16.0. The van der Waals surface area contributed by atoms with Crippen LogP contribution in [0.4, 0.5) is 11.4 Å². The summed E-state index contributed by atoms with van der Waals surface area (Å²) in [6.07, 6.45) is 0. The summed E-state index contributed by atoms with van der Waals surface area (Å²) in [5, 5.41) is 5.03. The summed E-state index contributed by atoms with van der Waals surface area (Å²) in [7, 11) is -0.971. The van der Waals surface area contributed by atoms with Gasteiger partial charge in [-0.3, -0.25) is 4.79 Å². The van der Waals surface area contributed by atoms with Gasteiger partial charge in [0, 0.05) is 41.0 Å². The van der Waals surface area contributed by atoms with Crippen LogP contribution in [0, 0.1) is 6.07 Å². The van der Waals surface area contributed by atoms with Crippen molar-refractivity contribution >= 4 is 36.7 Å². The number of hydrogen-bond acceptors (Lipinski definition) is 3. The van der Waals surface area contributed by atoms with Gasteiger partial charge >= 0.3 is 0 Å². The molecule has 1 N–H and O–H groups in total. The van der Waals surface area contributed by atoms with Crippen LogP contribution < -0.4 is 10.2 Å². The van der Waals surface area contributed by atoms with Crippen molar-refractivity contribution in [3.8, 4) is 10.4 Å². The number of nitrogens with zero attached hydrogens (tertiary/aromatic N) is 1. The number of amides is 1. The highest BCUT2D eigenvalue weighted by Gasteiger charge is 2.27. The lowest BCUT2D eigenvalue weighted by Gasteiger charge is -2.37. The summed E-state index contributed by atoms with van der Waals surface area (Å²) in [5.41, 5.74) is 3.68. The third-order valence-electron chi connectivity index (χ3n) is 5.47. The van der Waals surface area contributed by atoms with Crippen molar-refractivity contribution in [2.75, 3.05) is 23.3 Å². The topological polar surface area (TPSA) is 32.3 Å². The fraction of sp³-hybridized carbons (Fsp3) is 0.261. The number of carbonyl (C=O) groups excluding carboxylic acids is 1. The Morgan fingerprint density at radius 1 is 1.11 bits per heavy atom. The molecule has 0 saturated carbocycles. The smallest absolute Gasteiger partial charge is 0.255 e. The number of carbonyl (C=O) groups is 1. The van der Waals surface area contributed by atoms with Gasteiger partial charge in [-0.05, 0) is 59.4 Å². The van der Waals surface area contributed by atoms with E-state index in [9.17, 15) is 4.79 Å². The van der Waals surface area contributed by atoms with Crippen LogP contribution in [-0.2, 0) is 0 Å². The fourth-order valence-corrected chi connectivity index (χ4v) is 6.25. The van der Waals surface area contributed by atoms with Gasteiger partial charge in [0.15, 0.2) is 0 Å². The Hall–Kier alpha value is -2.37. The molecule has 28 heavy (non-hydrogen) atoms. The van der Waals surface area contributed by atoms with E-state index in [4.69, 9.17) is 0 Å². The molecule has 0 unspecified atom stereocenters. The van der Waals surface area contributed by atoms with Crippen LogP contribution in [0.2, 0.25) is 25.2 Å². The predicted octanol–water partition coefficient (Wildman–Crippen LogP) is 6.00. The zero-order valence-electron chi connectivity index (χ0n) is 16.4. The predicted molar refractivity (Wildman–Crippen MR) is 122 cm³/mol. The molecule has 2 aromatic carbocycles. The Balaban J connectivity index is 1.42. The fourth-order valence-electron chi connectivity index (χ4n) is 3.52. The molecular weight excluding hydrogens is 380 g/mol. The van der Waals surface area contributed by atoms with E-state index in [1.165, 1.54) is 22.7 Å². The summed E-state index contributed by atoms with van der Waals surface area (Å²) in [6, 6.07) is 23.7. The SMILES string of the molecule is C[Si]1(C)CCN(c2ccc(C(=O)Nc3[c]ccc(-c4cccs4)c3)cc2)CC1. The molecule has 0 spiro atoms. The molecule has 0 atom stereocenters. The van der Waals surface area contributed by atoms with Crippen LogP contribution in [0.5, 0.6) is 0 Å². The molecule has 1 amide bonds. The highest BCUT2D eigenvalue weighted by atomic mass is 32.1. The molecule has 4 rings (SSSR count). The van der Waals surface area contributed by atoms with E-state index < -0.39 is 8.07 Å². The molecule has 5 heteroatoms.